The number of thiophene rings is 1. The molecule has 0 saturated carbocycles. The van der Waals surface area contributed by atoms with Gasteiger partial charge in [0, 0.05) is 27.9 Å². The second-order valence-electron chi connectivity index (χ2n) is 7.56. The van der Waals surface area contributed by atoms with Crippen LogP contribution in [-0.2, 0) is 12.8 Å². The summed E-state index contributed by atoms with van der Waals surface area (Å²) in [5, 5.41) is 8.26. The van der Waals surface area contributed by atoms with E-state index in [-0.39, 0.29) is 5.91 Å². The Bertz CT molecular complexity index is 1060. The third-order valence-electron chi connectivity index (χ3n) is 5.24. The van der Waals surface area contributed by atoms with E-state index in [4.69, 9.17) is 4.52 Å². The van der Waals surface area contributed by atoms with Crippen LogP contribution in [0.3, 0.4) is 0 Å². The van der Waals surface area contributed by atoms with Crippen LogP contribution in [0.5, 0.6) is 0 Å². The number of amides is 1. The molecule has 1 aliphatic carbocycles. The maximum absolute atomic E-state index is 12.5. The van der Waals surface area contributed by atoms with E-state index in [1.807, 2.05) is 43.5 Å². The highest BCUT2D eigenvalue weighted by Crippen LogP contribution is 2.32. The number of aryl methyl sites for hydroxylation is 3. The van der Waals surface area contributed by atoms with Gasteiger partial charge in [0.25, 0.3) is 5.91 Å². The summed E-state index contributed by atoms with van der Waals surface area (Å²) < 4.78 is 7.19. The molecule has 3 aromatic heterocycles. The predicted octanol–water partition coefficient (Wildman–Crippen LogP) is 4.34. The molecule has 0 unspecified atom stereocenters. The third kappa shape index (κ3) is 3.54. The van der Waals surface area contributed by atoms with Gasteiger partial charge in [-0.3, -0.25) is 9.36 Å². The van der Waals surface area contributed by atoms with Crippen molar-refractivity contribution >= 4 is 23.5 Å². The number of hydrogen-bond acceptors (Lipinski definition) is 5. The molecule has 28 heavy (non-hydrogen) atoms. The van der Waals surface area contributed by atoms with Crippen molar-refractivity contribution in [2.45, 2.75) is 47.0 Å². The van der Waals surface area contributed by atoms with Gasteiger partial charge in [0.05, 0.1) is 11.1 Å². The van der Waals surface area contributed by atoms with Crippen LogP contribution in [0.2, 0.25) is 0 Å². The summed E-state index contributed by atoms with van der Waals surface area (Å²) in [5.41, 5.74) is 6.93. The fourth-order valence-electron chi connectivity index (χ4n) is 3.76. The van der Waals surface area contributed by atoms with Gasteiger partial charge in [0.2, 0.25) is 0 Å². The zero-order valence-corrected chi connectivity index (χ0v) is 17.4. The Balaban J connectivity index is 1.47. The number of rotatable bonds is 4. The van der Waals surface area contributed by atoms with E-state index in [1.54, 1.807) is 17.6 Å². The molecule has 3 heterocycles. The summed E-state index contributed by atoms with van der Waals surface area (Å²) in [4.78, 5) is 14.6. The van der Waals surface area contributed by atoms with Gasteiger partial charge in [-0.25, -0.2) is 5.43 Å². The molecule has 7 heteroatoms. The zero-order valence-electron chi connectivity index (χ0n) is 16.6. The average Bonchev–Trinajstić information content (AvgIpc) is 3.32. The third-order valence-corrected chi connectivity index (χ3v) is 6.47. The Kier molecular flexibility index (Phi) is 4.93. The molecule has 0 bridgehead atoms. The standard InChI is InChI=1S/C21H24N4O2S/c1-12-5-6-18-16(7-12)10-19(28-18)21(26)23-22-11-17-8-13(2)25(15(17)4)20-9-14(3)27-24-20/h8-12H,5-7H2,1-4H3,(H,23,26)/b22-11-/t12-/m0/s1. The van der Waals surface area contributed by atoms with Gasteiger partial charge < -0.3 is 4.52 Å². The summed E-state index contributed by atoms with van der Waals surface area (Å²) in [7, 11) is 0. The molecule has 0 fully saturated rings. The monoisotopic (exact) mass is 396 g/mol. The van der Waals surface area contributed by atoms with Gasteiger partial charge >= 0.3 is 0 Å². The van der Waals surface area contributed by atoms with Crippen molar-refractivity contribution in [3.8, 4) is 5.82 Å². The van der Waals surface area contributed by atoms with E-state index in [0.717, 1.165) is 46.2 Å². The lowest BCUT2D eigenvalue weighted by atomic mass is 9.90. The van der Waals surface area contributed by atoms with E-state index in [0.29, 0.717) is 5.92 Å². The van der Waals surface area contributed by atoms with Crippen molar-refractivity contribution in [3.05, 3.63) is 56.2 Å². The van der Waals surface area contributed by atoms with Crippen molar-refractivity contribution < 1.29 is 9.32 Å². The van der Waals surface area contributed by atoms with Crippen LogP contribution in [0, 0.1) is 26.7 Å². The number of carbonyl (C=O) groups excluding carboxylic acids is 1. The highest BCUT2D eigenvalue weighted by Gasteiger charge is 2.20. The lowest BCUT2D eigenvalue weighted by Crippen LogP contribution is -2.16. The Morgan fingerprint density at radius 2 is 2.18 bits per heavy atom. The number of aromatic nitrogens is 2. The molecule has 0 aliphatic heterocycles. The molecule has 1 aliphatic rings. The number of fused-ring (bicyclic) bond motifs is 1. The summed E-state index contributed by atoms with van der Waals surface area (Å²) in [6, 6.07) is 5.93. The molecular weight excluding hydrogens is 372 g/mol. The van der Waals surface area contributed by atoms with Crippen molar-refractivity contribution in [1.29, 1.82) is 0 Å². The summed E-state index contributed by atoms with van der Waals surface area (Å²) >= 11 is 1.59. The van der Waals surface area contributed by atoms with Crippen LogP contribution >= 0.6 is 11.3 Å². The normalized spacial score (nSPS) is 16.5. The minimum absolute atomic E-state index is 0.149. The second-order valence-corrected chi connectivity index (χ2v) is 8.70. The second kappa shape index (κ2) is 7.39. The van der Waals surface area contributed by atoms with Crippen LogP contribution in [-0.4, -0.2) is 21.8 Å². The summed E-state index contributed by atoms with van der Waals surface area (Å²) in [6.07, 6.45) is 5.02. The van der Waals surface area contributed by atoms with Crippen molar-refractivity contribution in [2.24, 2.45) is 11.0 Å². The molecule has 0 spiro atoms. The molecule has 0 radical (unpaired) electrons. The predicted molar refractivity (Wildman–Crippen MR) is 111 cm³/mol. The molecule has 4 rings (SSSR count). The van der Waals surface area contributed by atoms with E-state index in [1.165, 1.54) is 16.9 Å². The Labute approximate surface area is 168 Å². The first-order chi connectivity index (χ1) is 13.4. The Morgan fingerprint density at radius 1 is 1.36 bits per heavy atom. The highest BCUT2D eigenvalue weighted by molar-refractivity contribution is 7.14. The Morgan fingerprint density at radius 3 is 2.93 bits per heavy atom. The van der Waals surface area contributed by atoms with Gasteiger partial charge in [-0.2, -0.15) is 5.10 Å². The van der Waals surface area contributed by atoms with Crippen LogP contribution in [0.4, 0.5) is 0 Å². The number of hydrazone groups is 1. The van der Waals surface area contributed by atoms with E-state index < -0.39 is 0 Å². The van der Waals surface area contributed by atoms with Crippen LogP contribution in [0.1, 0.15) is 56.2 Å². The van der Waals surface area contributed by atoms with Crippen LogP contribution < -0.4 is 5.43 Å². The fourth-order valence-corrected chi connectivity index (χ4v) is 4.86. The average molecular weight is 397 g/mol. The fraction of sp³-hybridized carbons (Fsp3) is 0.381. The summed E-state index contributed by atoms with van der Waals surface area (Å²) in [6.45, 7) is 8.13. The van der Waals surface area contributed by atoms with Crippen LogP contribution in [0.15, 0.2) is 27.8 Å². The number of carbonyl (C=O) groups is 1. The van der Waals surface area contributed by atoms with E-state index in [9.17, 15) is 4.79 Å². The number of nitrogens with one attached hydrogen (secondary N) is 1. The summed E-state index contributed by atoms with van der Waals surface area (Å²) in [5.74, 6) is 2.05. The number of nitrogens with zero attached hydrogens (tertiary/aromatic N) is 3. The minimum atomic E-state index is -0.149. The topological polar surface area (TPSA) is 72.4 Å². The van der Waals surface area contributed by atoms with E-state index in [2.05, 4.69) is 22.6 Å². The highest BCUT2D eigenvalue weighted by atomic mass is 32.1. The molecule has 146 valence electrons. The smallest absolute Gasteiger partial charge is 0.281 e. The van der Waals surface area contributed by atoms with Gasteiger partial charge in [-0.1, -0.05) is 12.1 Å². The quantitative estimate of drug-likeness (QED) is 0.527. The number of hydrogen-bond donors (Lipinski definition) is 1. The lowest BCUT2D eigenvalue weighted by Gasteiger charge is -2.16. The van der Waals surface area contributed by atoms with Crippen molar-refractivity contribution in [1.82, 2.24) is 15.1 Å². The minimum Gasteiger partial charge on any atom is -0.360 e. The molecule has 3 aromatic rings. The molecule has 1 N–H and O–H groups in total. The largest absolute Gasteiger partial charge is 0.360 e. The van der Waals surface area contributed by atoms with Gasteiger partial charge in [-0.15, -0.1) is 11.3 Å². The van der Waals surface area contributed by atoms with Gasteiger partial charge in [-0.05, 0) is 63.6 Å². The van der Waals surface area contributed by atoms with E-state index >= 15 is 0 Å². The molecule has 0 aromatic carbocycles. The first kappa shape index (κ1) is 18.7. The Hall–Kier alpha value is -2.67. The zero-order chi connectivity index (χ0) is 19.8. The lowest BCUT2D eigenvalue weighted by molar-refractivity contribution is 0.0959. The molecular formula is C21H24N4O2S. The first-order valence-corrected chi connectivity index (χ1v) is 10.3. The maximum atomic E-state index is 12.5. The molecule has 0 saturated heterocycles. The van der Waals surface area contributed by atoms with Crippen molar-refractivity contribution in [2.75, 3.05) is 0 Å². The SMILES string of the molecule is Cc1cc(-n2c(C)cc(/C=N\NC(=O)c3cc4c(s3)CC[C@H](C)C4)c2C)no1. The van der Waals surface area contributed by atoms with Crippen molar-refractivity contribution in [3.63, 3.8) is 0 Å². The van der Waals surface area contributed by atoms with Crippen LogP contribution in [0.25, 0.3) is 5.82 Å². The molecule has 1 amide bonds. The maximum Gasteiger partial charge on any atom is 0.281 e. The van der Waals surface area contributed by atoms with Gasteiger partial charge in [0.15, 0.2) is 5.82 Å². The van der Waals surface area contributed by atoms with Gasteiger partial charge in [0.1, 0.15) is 5.76 Å². The first-order valence-electron chi connectivity index (χ1n) is 9.50. The molecule has 1 atom stereocenters. The molecule has 6 nitrogen and oxygen atoms in total.